The average Bonchev–Trinajstić information content (AvgIpc) is 2.76. The van der Waals surface area contributed by atoms with Crippen molar-refractivity contribution in [1.29, 1.82) is 0 Å². The zero-order valence-electron chi connectivity index (χ0n) is 10.4. The fourth-order valence-electron chi connectivity index (χ4n) is 2.44. The third-order valence-corrected chi connectivity index (χ3v) is 3.54. The van der Waals surface area contributed by atoms with Crippen molar-refractivity contribution in [3.05, 3.63) is 0 Å². The summed E-state index contributed by atoms with van der Waals surface area (Å²) in [6.45, 7) is 1.33. The molecule has 2 heterocycles. The van der Waals surface area contributed by atoms with E-state index in [1.165, 1.54) is 4.90 Å². The van der Waals surface area contributed by atoms with E-state index in [2.05, 4.69) is 17.5 Å². The zero-order valence-corrected chi connectivity index (χ0v) is 11.2. The van der Waals surface area contributed by atoms with Crippen molar-refractivity contribution in [3.8, 4) is 0 Å². The molecule has 2 rings (SSSR count). The summed E-state index contributed by atoms with van der Waals surface area (Å²) in [6, 6.07) is 0.0496. The first-order chi connectivity index (χ1) is 8.99. The number of fused-ring (bicyclic) bond motifs is 1. The topological polar surface area (TPSA) is 95.7 Å². The molecule has 1 atom stereocenters. The summed E-state index contributed by atoms with van der Waals surface area (Å²) in [7, 11) is 0. The molecule has 19 heavy (non-hydrogen) atoms. The molecule has 3 amide bonds. The number of nitrogens with one attached hydrogen (secondary N) is 1. The number of hydrogen-bond donors (Lipinski definition) is 2. The van der Waals surface area contributed by atoms with Crippen LogP contribution in [0, 0.1) is 0 Å². The van der Waals surface area contributed by atoms with Crippen LogP contribution in [0.15, 0.2) is 0 Å². The van der Waals surface area contributed by atoms with E-state index < -0.39 is 11.8 Å². The molecule has 3 N–H and O–H groups in total. The Bertz CT molecular complexity index is 440. The van der Waals surface area contributed by atoms with Crippen LogP contribution in [0.2, 0.25) is 0 Å². The Hall–Kier alpha value is -1.70. The van der Waals surface area contributed by atoms with Crippen LogP contribution >= 0.6 is 12.2 Å². The maximum Gasteiger partial charge on any atom is 0.312 e. The summed E-state index contributed by atoms with van der Waals surface area (Å²) < 4.78 is 0. The molecule has 1 unspecified atom stereocenters. The number of nitrogens with two attached hydrogens (primary N) is 1. The van der Waals surface area contributed by atoms with Gasteiger partial charge in [0.05, 0.1) is 11.5 Å². The first-order valence-corrected chi connectivity index (χ1v) is 6.54. The van der Waals surface area contributed by atoms with Gasteiger partial charge in [0.15, 0.2) is 0 Å². The summed E-state index contributed by atoms with van der Waals surface area (Å²) in [5.41, 5.74) is 5.25. The Morgan fingerprint density at radius 3 is 2.84 bits per heavy atom. The summed E-state index contributed by atoms with van der Waals surface area (Å²) in [6.07, 6.45) is 1.28. The second kappa shape index (κ2) is 5.52. The van der Waals surface area contributed by atoms with Crippen LogP contribution in [0.25, 0.3) is 0 Å². The van der Waals surface area contributed by atoms with Crippen molar-refractivity contribution in [2.24, 2.45) is 5.73 Å². The Morgan fingerprint density at radius 1 is 1.42 bits per heavy atom. The van der Waals surface area contributed by atoms with Gasteiger partial charge in [-0.1, -0.05) is 12.2 Å². The minimum atomic E-state index is -0.703. The van der Waals surface area contributed by atoms with Crippen molar-refractivity contribution < 1.29 is 14.4 Å². The Balaban J connectivity index is 1.89. The second-order valence-electron chi connectivity index (χ2n) is 4.68. The highest BCUT2D eigenvalue weighted by molar-refractivity contribution is 7.80. The average molecular weight is 284 g/mol. The Labute approximate surface area is 116 Å². The maximum absolute atomic E-state index is 11.9. The molecule has 8 heteroatoms. The van der Waals surface area contributed by atoms with Gasteiger partial charge < -0.3 is 20.9 Å². The van der Waals surface area contributed by atoms with Gasteiger partial charge in [0.2, 0.25) is 5.91 Å². The molecule has 2 aliphatic rings. The summed E-state index contributed by atoms with van der Waals surface area (Å²) in [5.74, 6) is -1.16. The highest BCUT2D eigenvalue weighted by Gasteiger charge is 2.38. The van der Waals surface area contributed by atoms with E-state index in [0.29, 0.717) is 26.1 Å². The van der Waals surface area contributed by atoms with Crippen molar-refractivity contribution >= 4 is 34.9 Å². The van der Waals surface area contributed by atoms with Gasteiger partial charge in [0.25, 0.3) is 0 Å². The Morgan fingerprint density at radius 2 is 2.16 bits per heavy atom. The number of carbonyl (C=O) groups is 3. The number of hydrogen-bond acceptors (Lipinski definition) is 4. The molecule has 0 saturated carbocycles. The van der Waals surface area contributed by atoms with Crippen LogP contribution in [-0.4, -0.2) is 64.7 Å². The van der Waals surface area contributed by atoms with Gasteiger partial charge in [-0.25, -0.2) is 0 Å². The molecule has 104 valence electrons. The molecule has 7 nitrogen and oxygen atoms in total. The molecule has 0 aromatic carbocycles. The molecule has 0 aromatic rings. The van der Waals surface area contributed by atoms with Crippen molar-refractivity contribution in [1.82, 2.24) is 15.1 Å². The summed E-state index contributed by atoms with van der Waals surface area (Å²) in [4.78, 5) is 38.4. The van der Waals surface area contributed by atoms with E-state index in [9.17, 15) is 14.4 Å². The first-order valence-electron chi connectivity index (χ1n) is 6.14. The number of piperazine rings is 1. The van der Waals surface area contributed by atoms with Gasteiger partial charge in [-0.3, -0.25) is 14.4 Å². The molecular formula is C11H16N4O3S. The quantitative estimate of drug-likeness (QED) is 0.462. The number of nitrogens with zero attached hydrogens (tertiary/aromatic N) is 2. The lowest BCUT2D eigenvalue weighted by molar-refractivity contribution is -0.148. The first kappa shape index (κ1) is 13.7. The smallest absolute Gasteiger partial charge is 0.312 e. The van der Waals surface area contributed by atoms with Gasteiger partial charge >= 0.3 is 11.8 Å². The molecular weight excluding hydrogens is 268 g/mol. The van der Waals surface area contributed by atoms with E-state index in [4.69, 9.17) is 5.73 Å². The SMILES string of the molecule is NC(=S)CNC(=O)C(=O)N1CCN2C(=O)CCC2C1. The number of carbonyl (C=O) groups excluding carboxylic acids is 3. The van der Waals surface area contributed by atoms with E-state index in [1.807, 2.05) is 0 Å². The van der Waals surface area contributed by atoms with E-state index >= 15 is 0 Å². The minimum absolute atomic E-state index is 0.0157. The van der Waals surface area contributed by atoms with Crippen LogP contribution in [0.4, 0.5) is 0 Å². The highest BCUT2D eigenvalue weighted by atomic mass is 32.1. The van der Waals surface area contributed by atoms with Crippen LogP contribution in [-0.2, 0) is 14.4 Å². The number of thiocarbonyl (C=S) groups is 1. The monoisotopic (exact) mass is 284 g/mol. The minimum Gasteiger partial charge on any atom is -0.392 e. The zero-order chi connectivity index (χ0) is 14.0. The predicted octanol–water partition coefficient (Wildman–Crippen LogP) is -1.78. The van der Waals surface area contributed by atoms with Crippen LogP contribution in [0.1, 0.15) is 12.8 Å². The van der Waals surface area contributed by atoms with Gasteiger partial charge in [-0.05, 0) is 6.42 Å². The van der Waals surface area contributed by atoms with Crippen molar-refractivity contribution in [3.63, 3.8) is 0 Å². The van der Waals surface area contributed by atoms with Gasteiger partial charge in [0.1, 0.15) is 0 Å². The number of rotatable bonds is 2. The van der Waals surface area contributed by atoms with Crippen LogP contribution in [0.3, 0.4) is 0 Å². The standard InChI is InChI=1S/C11H16N4O3S/c12-8(19)5-13-10(17)11(18)14-3-4-15-7(6-14)1-2-9(15)16/h7H,1-6H2,(H2,12,19)(H,13,17). The highest BCUT2D eigenvalue weighted by Crippen LogP contribution is 2.22. The van der Waals surface area contributed by atoms with E-state index in [1.54, 1.807) is 4.90 Å². The van der Waals surface area contributed by atoms with Crippen molar-refractivity contribution in [2.75, 3.05) is 26.2 Å². The largest absolute Gasteiger partial charge is 0.392 e. The van der Waals surface area contributed by atoms with E-state index in [-0.39, 0.29) is 23.5 Å². The Kier molecular flexibility index (Phi) is 3.98. The van der Waals surface area contributed by atoms with Gasteiger partial charge in [-0.15, -0.1) is 0 Å². The lowest BCUT2D eigenvalue weighted by atomic mass is 10.1. The third-order valence-electron chi connectivity index (χ3n) is 3.40. The summed E-state index contributed by atoms with van der Waals surface area (Å²) in [5, 5.41) is 2.37. The maximum atomic E-state index is 11.9. The van der Waals surface area contributed by atoms with E-state index in [0.717, 1.165) is 6.42 Å². The van der Waals surface area contributed by atoms with Crippen LogP contribution < -0.4 is 11.1 Å². The predicted molar refractivity (Wildman–Crippen MR) is 71.1 cm³/mol. The molecule has 0 bridgehead atoms. The molecule has 0 radical (unpaired) electrons. The van der Waals surface area contributed by atoms with Crippen LogP contribution in [0.5, 0.6) is 0 Å². The molecule has 2 fully saturated rings. The fourth-order valence-corrected chi connectivity index (χ4v) is 2.51. The van der Waals surface area contributed by atoms with Gasteiger partial charge in [0, 0.05) is 32.1 Å². The molecule has 0 spiro atoms. The molecule has 0 aromatic heterocycles. The van der Waals surface area contributed by atoms with Crippen molar-refractivity contribution in [2.45, 2.75) is 18.9 Å². The normalized spacial score (nSPS) is 22.1. The lowest BCUT2D eigenvalue weighted by Gasteiger charge is -2.37. The fraction of sp³-hybridized carbons (Fsp3) is 0.636. The second-order valence-corrected chi connectivity index (χ2v) is 5.20. The third kappa shape index (κ3) is 3.01. The molecule has 2 aliphatic heterocycles. The lowest BCUT2D eigenvalue weighted by Crippen LogP contribution is -2.56. The number of amides is 3. The summed E-state index contributed by atoms with van der Waals surface area (Å²) >= 11 is 4.63. The van der Waals surface area contributed by atoms with Gasteiger partial charge in [-0.2, -0.15) is 0 Å². The molecule has 0 aliphatic carbocycles. The molecule has 2 saturated heterocycles.